The molecule has 1 aromatic heterocycles. The molecule has 0 bridgehead atoms. The zero-order valence-electron chi connectivity index (χ0n) is 7.81. The van der Waals surface area contributed by atoms with E-state index < -0.39 is 0 Å². The van der Waals surface area contributed by atoms with Crippen molar-refractivity contribution in [2.75, 3.05) is 5.73 Å². The maximum absolute atomic E-state index is 6.02. The summed E-state index contributed by atoms with van der Waals surface area (Å²) in [5.74, 6) is 0. The lowest BCUT2D eigenvalue weighted by atomic mass is 10.1. The molecule has 1 heterocycles. The predicted molar refractivity (Wildman–Crippen MR) is 65.9 cm³/mol. The number of nitrogen functional groups attached to an aromatic ring is 1. The highest BCUT2D eigenvalue weighted by molar-refractivity contribution is 6.42. The van der Waals surface area contributed by atoms with E-state index in [2.05, 4.69) is 4.98 Å². The van der Waals surface area contributed by atoms with E-state index >= 15 is 0 Å². The number of aryl methyl sites for hydroxylation is 1. The number of nitrogens with zero attached hydrogens (tertiary/aromatic N) is 1. The van der Waals surface area contributed by atoms with Crippen molar-refractivity contribution in [3.8, 4) is 0 Å². The lowest BCUT2D eigenvalue weighted by Crippen LogP contribution is -1.95. The number of pyridine rings is 1. The molecule has 0 unspecified atom stereocenters. The van der Waals surface area contributed by atoms with Crippen LogP contribution in [0.3, 0.4) is 0 Å². The number of anilines is 1. The summed E-state index contributed by atoms with van der Waals surface area (Å²) in [6, 6.07) is 3.36. The molecule has 15 heavy (non-hydrogen) atoms. The van der Waals surface area contributed by atoms with E-state index in [1.54, 1.807) is 19.1 Å². The van der Waals surface area contributed by atoms with Crippen molar-refractivity contribution in [2.45, 2.75) is 6.92 Å². The SMILES string of the molecule is Cc1nc2c(Cl)ccc(Cl)c2c(N)c1Cl. The van der Waals surface area contributed by atoms with Crippen LogP contribution in [0.1, 0.15) is 5.69 Å². The fraction of sp³-hybridized carbons (Fsp3) is 0.100. The minimum Gasteiger partial charge on any atom is -0.397 e. The topological polar surface area (TPSA) is 38.9 Å². The molecule has 0 fully saturated rings. The van der Waals surface area contributed by atoms with Crippen molar-refractivity contribution < 1.29 is 0 Å². The van der Waals surface area contributed by atoms with Gasteiger partial charge in [0.1, 0.15) is 0 Å². The molecular weight excluding hydrogens is 254 g/mol. The zero-order chi connectivity index (χ0) is 11.2. The van der Waals surface area contributed by atoms with Crippen molar-refractivity contribution in [3.05, 3.63) is 32.9 Å². The fourth-order valence-electron chi connectivity index (χ4n) is 1.43. The molecule has 2 nitrogen and oxygen atoms in total. The second kappa shape index (κ2) is 3.71. The number of benzene rings is 1. The van der Waals surface area contributed by atoms with Crippen LogP contribution < -0.4 is 5.73 Å². The molecule has 0 saturated heterocycles. The molecule has 0 radical (unpaired) electrons. The highest BCUT2D eigenvalue weighted by Gasteiger charge is 2.13. The van der Waals surface area contributed by atoms with E-state index in [9.17, 15) is 0 Å². The summed E-state index contributed by atoms with van der Waals surface area (Å²) < 4.78 is 0. The first-order chi connectivity index (χ1) is 7.02. The Hall–Kier alpha value is -0.700. The Bertz CT molecular complexity index is 552. The summed E-state index contributed by atoms with van der Waals surface area (Å²) in [5, 5.41) is 2.05. The smallest absolute Gasteiger partial charge is 0.0928 e. The normalized spacial score (nSPS) is 10.9. The number of halogens is 3. The van der Waals surface area contributed by atoms with Gasteiger partial charge in [-0.25, -0.2) is 4.98 Å². The summed E-state index contributed by atoms with van der Waals surface area (Å²) in [5.41, 5.74) is 7.53. The Morgan fingerprint density at radius 3 is 2.40 bits per heavy atom. The van der Waals surface area contributed by atoms with Crippen LogP contribution in [0.25, 0.3) is 10.9 Å². The van der Waals surface area contributed by atoms with E-state index in [4.69, 9.17) is 40.5 Å². The molecule has 1 aromatic carbocycles. The van der Waals surface area contributed by atoms with Crippen LogP contribution in [0.15, 0.2) is 12.1 Å². The van der Waals surface area contributed by atoms with E-state index in [1.165, 1.54) is 0 Å². The number of aromatic nitrogens is 1. The van der Waals surface area contributed by atoms with E-state index in [1.807, 2.05) is 0 Å². The molecular formula is C10H7Cl3N2. The first kappa shape index (κ1) is 10.8. The predicted octanol–water partition coefficient (Wildman–Crippen LogP) is 4.09. The molecule has 0 atom stereocenters. The number of hydrogen-bond donors (Lipinski definition) is 1. The van der Waals surface area contributed by atoms with Gasteiger partial charge >= 0.3 is 0 Å². The molecule has 2 aromatic rings. The van der Waals surface area contributed by atoms with Crippen LogP contribution >= 0.6 is 34.8 Å². The Morgan fingerprint density at radius 1 is 1.13 bits per heavy atom. The second-order valence-electron chi connectivity index (χ2n) is 3.18. The monoisotopic (exact) mass is 260 g/mol. The fourth-order valence-corrected chi connectivity index (χ4v) is 2.02. The quantitative estimate of drug-likeness (QED) is 0.776. The maximum Gasteiger partial charge on any atom is 0.0928 e. The van der Waals surface area contributed by atoms with Crippen LogP contribution in [-0.2, 0) is 0 Å². The highest BCUT2D eigenvalue weighted by atomic mass is 35.5. The van der Waals surface area contributed by atoms with Gasteiger partial charge in [-0.15, -0.1) is 0 Å². The Morgan fingerprint density at radius 2 is 1.73 bits per heavy atom. The van der Waals surface area contributed by atoms with E-state index in [-0.39, 0.29) is 0 Å². The van der Waals surface area contributed by atoms with Crippen LogP contribution in [0, 0.1) is 6.92 Å². The first-order valence-electron chi connectivity index (χ1n) is 4.21. The van der Waals surface area contributed by atoms with Gasteiger partial charge < -0.3 is 5.73 Å². The molecule has 0 aliphatic heterocycles. The summed E-state index contributed by atoms with van der Waals surface area (Å²) in [6.45, 7) is 1.77. The summed E-state index contributed by atoms with van der Waals surface area (Å²) in [6.07, 6.45) is 0. The highest BCUT2D eigenvalue weighted by Crippen LogP contribution is 2.37. The van der Waals surface area contributed by atoms with Gasteiger partial charge in [-0.1, -0.05) is 34.8 Å². The zero-order valence-corrected chi connectivity index (χ0v) is 10.1. The van der Waals surface area contributed by atoms with Crippen LogP contribution in [0.2, 0.25) is 15.1 Å². The second-order valence-corrected chi connectivity index (χ2v) is 4.37. The molecule has 78 valence electrons. The third-order valence-electron chi connectivity index (χ3n) is 2.18. The molecule has 5 heteroatoms. The van der Waals surface area contributed by atoms with Crippen LogP contribution in [0.4, 0.5) is 5.69 Å². The maximum atomic E-state index is 6.02. The van der Waals surface area contributed by atoms with Crippen molar-refractivity contribution in [3.63, 3.8) is 0 Å². The minimum absolute atomic E-state index is 0.423. The minimum atomic E-state index is 0.423. The van der Waals surface area contributed by atoms with Gasteiger partial charge in [0.05, 0.1) is 32.0 Å². The molecule has 0 aliphatic carbocycles. The molecule has 0 spiro atoms. The summed E-state index contributed by atoms with van der Waals surface area (Å²) in [7, 11) is 0. The van der Waals surface area contributed by atoms with Gasteiger partial charge in [-0.05, 0) is 19.1 Å². The van der Waals surface area contributed by atoms with Gasteiger partial charge in [0, 0.05) is 5.39 Å². The van der Waals surface area contributed by atoms with E-state index in [0.717, 1.165) is 0 Å². The van der Waals surface area contributed by atoms with Crippen molar-refractivity contribution in [2.24, 2.45) is 0 Å². The third-order valence-corrected chi connectivity index (χ3v) is 3.28. The Kier molecular flexibility index (Phi) is 2.67. The Balaban J connectivity index is 3.04. The number of fused-ring (bicyclic) bond motifs is 1. The van der Waals surface area contributed by atoms with Crippen molar-refractivity contribution >= 4 is 51.4 Å². The number of rotatable bonds is 0. The molecule has 2 N–H and O–H groups in total. The van der Waals surface area contributed by atoms with E-state index in [0.29, 0.717) is 37.4 Å². The van der Waals surface area contributed by atoms with Gasteiger partial charge in [-0.2, -0.15) is 0 Å². The average Bonchev–Trinajstić information content (AvgIpc) is 2.20. The average molecular weight is 262 g/mol. The number of hydrogen-bond acceptors (Lipinski definition) is 2. The van der Waals surface area contributed by atoms with Crippen LogP contribution in [-0.4, -0.2) is 4.98 Å². The lowest BCUT2D eigenvalue weighted by molar-refractivity contribution is 1.26. The van der Waals surface area contributed by atoms with Gasteiger partial charge in [0.15, 0.2) is 0 Å². The molecule has 0 amide bonds. The first-order valence-corrected chi connectivity index (χ1v) is 5.35. The van der Waals surface area contributed by atoms with Gasteiger partial charge in [0.2, 0.25) is 0 Å². The Labute approximate surface area is 102 Å². The standard InChI is InChI=1S/C10H7Cl3N2/c1-4-8(13)9(14)7-5(11)2-3-6(12)10(7)15-4/h2-3H,1H3,(H2,14,15). The number of nitrogens with two attached hydrogens (primary N) is 1. The van der Waals surface area contributed by atoms with Gasteiger partial charge in [0.25, 0.3) is 0 Å². The van der Waals surface area contributed by atoms with Crippen molar-refractivity contribution in [1.82, 2.24) is 4.98 Å². The lowest BCUT2D eigenvalue weighted by Gasteiger charge is -2.09. The van der Waals surface area contributed by atoms with Crippen LogP contribution in [0.5, 0.6) is 0 Å². The molecule has 0 saturated carbocycles. The third kappa shape index (κ3) is 1.63. The van der Waals surface area contributed by atoms with Gasteiger partial charge in [-0.3, -0.25) is 0 Å². The summed E-state index contributed by atoms with van der Waals surface area (Å²) in [4.78, 5) is 4.27. The molecule has 2 rings (SSSR count). The summed E-state index contributed by atoms with van der Waals surface area (Å²) >= 11 is 18.0. The molecule has 0 aliphatic rings. The van der Waals surface area contributed by atoms with Crippen molar-refractivity contribution in [1.29, 1.82) is 0 Å². The largest absolute Gasteiger partial charge is 0.397 e.